The first-order valence-electron chi connectivity index (χ1n) is 2.99. The molecule has 0 N–H and O–H groups in total. The molecule has 0 aromatic rings. The number of hydrogen-bond acceptors (Lipinski definition) is 0. The minimum absolute atomic E-state index is 1.17. The van der Waals surface area contributed by atoms with Gasteiger partial charge in [-0.1, -0.05) is 13.3 Å². The average Bonchev–Trinajstić information content (AvgIpc) is 2.19. The molecule has 0 spiro atoms. The van der Waals surface area contributed by atoms with Gasteiger partial charge < -0.3 is 0 Å². The van der Waals surface area contributed by atoms with Crippen LogP contribution in [0.25, 0.3) is 0 Å². The summed E-state index contributed by atoms with van der Waals surface area (Å²) in [4.78, 5) is 0. The van der Waals surface area contributed by atoms with Crippen molar-refractivity contribution in [2.75, 3.05) is 0 Å². The third-order valence-electron chi connectivity index (χ3n) is 1.15. The van der Waals surface area contributed by atoms with Gasteiger partial charge in [-0.25, -0.2) is 0 Å². The third kappa shape index (κ3) is 1.12. The topological polar surface area (TPSA) is 14.1 Å². The molecule has 1 rings (SSSR count). The van der Waals surface area contributed by atoms with Crippen LogP contribution >= 0.6 is 0 Å². The van der Waals surface area contributed by atoms with Crippen molar-refractivity contribution in [1.29, 1.82) is 0 Å². The zero-order valence-corrected chi connectivity index (χ0v) is 5.09. The highest BCUT2D eigenvalue weighted by molar-refractivity contribution is 5.23. The second kappa shape index (κ2) is 2.55. The standard InChI is InChI=1S/C7H10N/c1-2-3-7-4-5-8-6-7/h4-6H,2-3H2,1H3. The molecule has 0 saturated heterocycles. The van der Waals surface area contributed by atoms with E-state index >= 15 is 0 Å². The van der Waals surface area contributed by atoms with Gasteiger partial charge in [-0.15, -0.1) is 0 Å². The Morgan fingerprint density at radius 1 is 1.62 bits per heavy atom. The lowest BCUT2D eigenvalue weighted by atomic mass is 10.2. The summed E-state index contributed by atoms with van der Waals surface area (Å²) in [5.74, 6) is 0. The van der Waals surface area contributed by atoms with E-state index in [0.29, 0.717) is 0 Å². The van der Waals surface area contributed by atoms with Gasteiger partial charge in [0.1, 0.15) is 0 Å². The molecule has 0 bridgehead atoms. The molecule has 1 heteroatoms. The first kappa shape index (κ1) is 5.42. The lowest BCUT2D eigenvalue weighted by molar-refractivity contribution is 0.925. The Labute approximate surface area is 50.1 Å². The SMILES string of the molecule is CCCC1=C[N]C=C1. The van der Waals surface area contributed by atoms with Crippen LogP contribution in [0.3, 0.4) is 0 Å². The minimum atomic E-state index is 1.17. The molecule has 43 valence electrons. The first-order valence-corrected chi connectivity index (χ1v) is 2.99. The van der Waals surface area contributed by atoms with Crippen LogP contribution in [0.4, 0.5) is 0 Å². The maximum atomic E-state index is 3.94. The molecule has 0 aromatic carbocycles. The summed E-state index contributed by atoms with van der Waals surface area (Å²) in [5, 5.41) is 3.94. The number of hydrogen-bond donors (Lipinski definition) is 0. The van der Waals surface area contributed by atoms with Crippen molar-refractivity contribution < 1.29 is 0 Å². The Balaban J connectivity index is 2.34. The van der Waals surface area contributed by atoms with Crippen molar-refractivity contribution in [3.8, 4) is 0 Å². The zero-order valence-electron chi connectivity index (χ0n) is 5.09. The van der Waals surface area contributed by atoms with Crippen LogP contribution in [0.1, 0.15) is 19.8 Å². The first-order chi connectivity index (χ1) is 3.93. The summed E-state index contributed by atoms with van der Waals surface area (Å²) >= 11 is 0. The number of rotatable bonds is 2. The highest BCUT2D eigenvalue weighted by Gasteiger charge is 1.93. The molecule has 0 unspecified atom stereocenters. The molecule has 1 heterocycles. The molecule has 1 aliphatic heterocycles. The highest BCUT2D eigenvalue weighted by atomic mass is 14.8. The van der Waals surface area contributed by atoms with E-state index in [0.717, 1.165) is 0 Å². The molecule has 0 amide bonds. The molecule has 1 radical (unpaired) electrons. The van der Waals surface area contributed by atoms with E-state index in [1.165, 1.54) is 18.4 Å². The molecule has 1 nitrogen and oxygen atoms in total. The van der Waals surface area contributed by atoms with Crippen LogP contribution < -0.4 is 5.32 Å². The van der Waals surface area contributed by atoms with Crippen molar-refractivity contribution in [3.63, 3.8) is 0 Å². The fourth-order valence-electron chi connectivity index (χ4n) is 0.757. The summed E-state index contributed by atoms with van der Waals surface area (Å²) in [5.41, 5.74) is 1.35. The van der Waals surface area contributed by atoms with Gasteiger partial charge in [0.05, 0.1) is 0 Å². The second-order valence-corrected chi connectivity index (χ2v) is 1.92. The van der Waals surface area contributed by atoms with Crippen molar-refractivity contribution in [3.05, 3.63) is 24.0 Å². The minimum Gasteiger partial charge on any atom is -0.264 e. The van der Waals surface area contributed by atoms with E-state index in [1.807, 2.05) is 12.4 Å². The van der Waals surface area contributed by atoms with Crippen molar-refractivity contribution in [2.45, 2.75) is 19.8 Å². The number of nitrogens with zero attached hydrogens (tertiary/aromatic N) is 1. The second-order valence-electron chi connectivity index (χ2n) is 1.92. The smallest absolute Gasteiger partial charge is 0.0300 e. The Morgan fingerprint density at radius 2 is 2.50 bits per heavy atom. The summed E-state index contributed by atoms with van der Waals surface area (Å²) in [6, 6.07) is 0. The molecule has 1 aliphatic rings. The summed E-state index contributed by atoms with van der Waals surface area (Å²) in [6.45, 7) is 2.17. The van der Waals surface area contributed by atoms with Crippen LogP contribution in [0.5, 0.6) is 0 Å². The van der Waals surface area contributed by atoms with Gasteiger partial charge >= 0.3 is 0 Å². The van der Waals surface area contributed by atoms with Crippen molar-refractivity contribution in [1.82, 2.24) is 5.32 Å². The lowest BCUT2D eigenvalue weighted by Gasteiger charge is -1.88. The van der Waals surface area contributed by atoms with E-state index < -0.39 is 0 Å². The highest BCUT2D eigenvalue weighted by Crippen LogP contribution is 2.08. The van der Waals surface area contributed by atoms with Gasteiger partial charge in [-0.05, 0) is 18.1 Å². The van der Waals surface area contributed by atoms with E-state index in [9.17, 15) is 0 Å². The molecular weight excluding hydrogens is 98.1 g/mol. The van der Waals surface area contributed by atoms with Crippen LogP contribution in [-0.4, -0.2) is 0 Å². The fourth-order valence-corrected chi connectivity index (χ4v) is 0.757. The van der Waals surface area contributed by atoms with Gasteiger partial charge in [0.2, 0.25) is 0 Å². The van der Waals surface area contributed by atoms with E-state index in [-0.39, 0.29) is 0 Å². The quantitative estimate of drug-likeness (QED) is 0.512. The maximum Gasteiger partial charge on any atom is 0.0300 e. The largest absolute Gasteiger partial charge is 0.264 e. The van der Waals surface area contributed by atoms with E-state index in [4.69, 9.17) is 0 Å². The van der Waals surface area contributed by atoms with Crippen LogP contribution in [0.2, 0.25) is 0 Å². The molecule has 8 heavy (non-hydrogen) atoms. The van der Waals surface area contributed by atoms with Crippen molar-refractivity contribution >= 4 is 0 Å². The Morgan fingerprint density at radius 3 is 3.00 bits per heavy atom. The molecule has 0 fully saturated rings. The Hall–Kier alpha value is -0.720. The monoisotopic (exact) mass is 108 g/mol. The Bertz CT molecular complexity index is 122. The summed E-state index contributed by atoms with van der Waals surface area (Å²) < 4.78 is 0. The van der Waals surface area contributed by atoms with E-state index in [1.54, 1.807) is 0 Å². The van der Waals surface area contributed by atoms with Gasteiger partial charge in [0, 0.05) is 12.4 Å². The van der Waals surface area contributed by atoms with Crippen molar-refractivity contribution in [2.24, 2.45) is 0 Å². The predicted octanol–water partition coefficient (Wildman–Crippen LogP) is 1.80. The molecular formula is C7H10N. The third-order valence-corrected chi connectivity index (χ3v) is 1.15. The number of allylic oxidation sites excluding steroid dienone is 2. The lowest BCUT2D eigenvalue weighted by Crippen LogP contribution is -1.75. The van der Waals surface area contributed by atoms with Gasteiger partial charge in [0.25, 0.3) is 0 Å². The molecule has 0 aromatic heterocycles. The fraction of sp³-hybridized carbons (Fsp3) is 0.429. The normalized spacial score (nSPS) is 15.9. The van der Waals surface area contributed by atoms with Crippen LogP contribution in [0.15, 0.2) is 24.0 Å². The van der Waals surface area contributed by atoms with Gasteiger partial charge in [-0.3, -0.25) is 5.32 Å². The molecule has 0 aliphatic carbocycles. The predicted molar refractivity (Wildman–Crippen MR) is 34.3 cm³/mol. The Kier molecular flexibility index (Phi) is 1.73. The van der Waals surface area contributed by atoms with Gasteiger partial charge in [-0.2, -0.15) is 0 Å². The summed E-state index contributed by atoms with van der Waals surface area (Å²) in [6.07, 6.45) is 8.20. The van der Waals surface area contributed by atoms with Crippen LogP contribution in [0, 0.1) is 0 Å². The molecule has 0 atom stereocenters. The van der Waals surface area contributed by atoms with Gasteiger partial charge in [0.15, 0.2) is 0 Å². The summed E-state index contributed by atoms with van der Waals surface area (Å²) in [7, 11) is 0. The maximum absolute atomic E-state index is 3.94. The zero-order chi connectivity index (χ0) is 5.82. The average molecular weight is 108 g/mol. The van der Waals surface area contributed by atoms with Crippen LogP contribution in [-0.2, 0) is 0 Å². The van der Waals surface area contributed by atoms with E-state index in [2.05, 4.69) is 18.3 Å². The molecule has 0 saturated carbocycles.